The van der Waals surface area contributed by atoms with Crippen LogP contribution in [0.1, 0.15) is 58.8 Å². The Bertz CT molecular complexity index is 229. The van der Waals surface area contributed by atoms with Crippen molar-refractivity contribution in [3.63, 3.8) is 0 Å². The first-order chi connectivity index (χ1) is 8.31. The Hall–Kier alpha value is -1.05. The van der Waals surface area contributed by atoms with E-state index in [9.17, 15) is 4.79 Å². The van der Waals surface area contributed by atoms with Gasteiger partial charge in [0.1, 0.15) is 6.61 Å². The normalized spacial score (nSPS) is 11.4. The Morgan fingerprint density at radius 3 is 2.47 bits per heavy atom. The van der Waals surface area contributed by atoms with Gasteiger partial charge in [-0.3, -0.25) is 4.79 Å². The van der Waals surface area contributed by atoms with Crippen LogP contribution < -0.4 is 0 Å². The topological polar surface area (TPSA) is 26.3 Å². The van der Waals surface area contributed by atoms with Crippen LogP contribution in [0.4, 0.5) is 0 Å². The molecule has 0 rings (SSSR count). The summed E-state index contributed by atoms with van der Waals surface area (Å²) in [6.07, 6.45) is 15.3. The molecule has 17 heavy (non-hydrogen) atoms. The van der Waals surface area contributed by atoms with Crippen LogP contribution in [0.5, 0.6) is 0 Å². The third-order valence-corrected chi connectivity index (χ3v) is 2.51. The van der Waals surface area contributed by atoms with Crippen LogP contribution in [0, 0.1) is 0 Å². The van der Waals surface area contributed by atoms with Gasteiger partial charge in [0.2, 0.25) is 0 Å². The monoisotopic (exact) mass is 238 g/mol. The Balaban J connectivity index is 3.29. The minimum Gasteiger partial charge on any atom is -0.461 e. The van der Waals surface area contributed by atoms with Crippen LogP contribution >= 0.6 is 0 Å². The van der Waals surface area contributed by atoms with Gasteiger partial charge in [-0.2, -0.15) is 0 Å². The van der Waals surface area contributed by atoms with Crippen molar-refractivity contribution in [2.45, 2.75) is 58.8 Å². The van der Waals surface area contributed by atoms with E-state index in [2.05, 4.69) is 6.92 Å². The van der Waals surface area contributed by atoms with E-state index < -0.39 is 0 Å². The highest BCUT2D eigenvalue weighted by Gasteiger charge is 2.00. The molecule has 0 atom stereocenters. The molecule has 0 bridgehead atoms. The zero-order chi connectivity index (χ0) is 12.8. The molecule has 98 valence electrons. The quantitative estimate of drug-likeness (QED) is 0.320. The lowest BCUT2D eigenvalue weighted by Crippen LogP contribution is -2.03. The Morgan fingerprint density at radius 2 is 1.76 bits per heavy atom. The average molecular weight is 238 g/mol. The number of allylic oxidation sites excluding steroid dienone is 3. The van der Waals surface area contributed by atoms with E-state index in [4.69, 9.17) is 4.74 Å². The van der Waals surface area contributed by atoms with Gasteiger partial charge in [-0.1, -0.05) is 57.3 Å². The van der Waals surface area contributed by atoms with Crippen LogP contribution in [0.3, 0.4) is 0 Å². The lowest BCUT2D eigenvalue weighted by Gasteiger charge is -2.02. The number of unbranched alkanes of at least 4 members (excludes halogenated alkanes) is 5. The molecule has 0 aliphatic rings. The molecule has 2 nitrogen and oxygen atoms in total. The number of carbonyl (C=O) groups is 1. The Morgan fingerprint density at radius 1 is 1.06 bits per heavy atom. The highest BCUT2D eigenvalue weighted by molar-refractivity contribution is 5.69. The standard InChI is InChI=1S/C15H26O2/c1-3-5-7-9-10-11-13-15(16)17-14-12-8-6-4-2/h4,6,8,12H,3,5,7,9-11,13-14H2,1-2H3/b6-4-,12-8-. The van der Waals surface area contributed by atoms with Gasteiger partial charge >= 0.3 is 5.97 Å². The molecule has 0 heterocycles. The second-order valence-corrected chi connectivity index (χ2v) is 4.15. The van der Waals surface area contributed by atoms with Gasteiger partial charge in [-0.15, -0.1) is 0 Å². The van der Waals surface area contributed by atoms with Crippen LogP contribution in [0.25, 0.3) is 0 Å². The maximum Gasteiger partial charge on any atom is 0.306 e. The van der Waals surface area contributed by atoms with Crippen molar-refractivity contribution in [3.05, 3.63) is 24.3 Å². The van der Waals surface area contributed by atoms with Crippen molar-refractivity contribution in [2.24, 2.45) is 0 Å². The molecule has 0 aromatic rings. The third kappa shape index (κ3) is 12.9. The summed E-state index contributed by atoms with van der Waals surface area (Å²) in [6.45, 7) is 4.55. The first kappa shape index (κ1) is 16.0. The molecular weight excluding hydrogens is 212 g/mol. The van der Waals surface area contributed by atoms with Gasteiger partial charge in [0.05, 0.1) is 0 Å². The molecule has 0 saturated heterocycles. The van der Waals surface area contributed by atoms with Gasteiger partial charge < -0.3 is 4.74 Å². The number of ether oxygens (including phenoxy) is 1. The molecule has 0 amide bonds. The van der Waals surface area contributed by atoms with Crippen LogP contribution in [-0.4, -0.2) is 12.6 Å². The van der Waals surface area contributed by atoms with Crippen molar-refractivity contribution >= 4 is 5.97 Å². The largest absolute Gasteiger partial charge is 0.461 e. The van der Waals surface area contributed by atoms with E-state index in [1.165, 1.54) is 25.7 Å². The molecule has 0 fully saturated rings. The maximum absolute atomic E-state index is 11.3. The predicted octanol–water partition coefficient (Wildman–Crippen LogP) is 4.41. The third-order valence-electron chi connectivity index (χ3n) is 2.51. The zero-order valence-electron chi connectivity index (χ0n) is 11.3. The van der Waals surface area contributed by atoms with Gasteiger partial charge in [0.15, 0.2) is 0 Å². The van der Waals surface area contributed by atoms with Crippen molar-refractivity contribution in [3.8, 4) is 0 Å². The highest BCUT2D eigenvalue weighted by Crippen LogP contribution is 2.07. The molecule has 0 aliphatic carbocycles. The lowest BCUT2D eigenvalue weighted by molar-refractivity contribution is -0.142. The van der Waals surface area contributed by atoms with E-state index in [1.807, 2.05) is 31.2 Å². The molecule has 0 radical (unpaired) electrons. The molecule has 0 aromatic carbocycles. The Labute approximate surface area is 106 Å². The summed E-state index contributed by atoms with van der Waals surface area (Å²) in [5.41, 5.74) is 0. The van der Waals surface area contributed by atoms with Gasteiger partial charge in [0.25, 0.3) is 0 Å². The summed E-state index contributed by atoms with van der Waals surface area (Å²) < 4.78 is 5.06. The summed E-state index contributed by atoms with van der Waals surface area (Å²) in [5.74, 6) is -0.0781. The second kappa shape index (κ2) is 13.0. The number of hydrogen-bond donors (Lipinski definition) is 0. The molecule has 0 aromatic heterocycles. The molecule has 0 spiro atoms. The summed E-state index contributed by atoms with van der Waals surface area (Å²) >= 11 is 0. The lowest BCUT2D eigenvalue weighted by atomic mass is 10.1. The van der Waals surface area contributed by atoms with Crippen molar-refractivity contribution in [1.82, 2.24) is 0 Å². The van der Waals surface area contributed by atoms with Crippen molar-refractivity contribution < 1.29 is 9.53 Å². The first-order valence-electron chi connectivity index (χ1n) is 6.74. The van der Waals surface area contributed by atoms with E-state index in [0.29, 0.717) is 13.0 Å². The van der Waals surface area contributed by atoms with Gasteiger partial charge in [-0.25, -0.2) is 0 Å². The molecule has 0 aliphatic heterocycles. The second-order valence-electron chi connectivity index (χ2n) is 4.15. The van der Waals surface area contributed by atoms with Crippen molar-refractivity contribution in [2.75, 3.05) is 6.61 Å². The fraction of sp³-hybridized carbons (Fsp3) is 0.667. The minimum atomic E-state index is -0.0781. The Kier molecular flexibility index (Phi) is 12.2. The van der Waals surface area contributed by atoms with Gasteiger partial charge in [0, 0.05) is 6.42 Å². The highest BCUT2D eigenvalue weighted by atomic mass is 16.5. The smallest absolute Gasteiger partial charge is 0.306 e. The summed E-state index contributed by atoms with van der Waals surface area (Å²) in [6, 6.07) is 0. The summed E-state index contributed by atoms with van der Waals surface area (Å²) in [4.78, 5) is 11.3. The molecule has 0 unspecified atom stereocenters. The number of carbonyl (C=O) groups excluding carboxylic acids is 1. The maximum atomic E-state index is 11.3. The van der Waals surface area contributed by atoms with E-state index >= 15 is 0 Å². The van der Waals surface area contributed by atoms with E-state index in [0.717, 1.165) is 12.8 Å². The summed E-state index contributed by atoms with van der Waals surface area (Å²) in [7, 11) is 0. The first-order valence-corrected chi connectivity index (χ1v) is 6.74. The zero-order valence-corrected chi connectivity index (χ0v) is 11.3. The van der Waals surface area contributed by atoms with Crippen molar-refractivity contribution in [1.29, 1.82) is 0 Å². The van der Waals surface area contributed by atoms with Crippen LogP contribution in [0.2, 0.25) is 0 Å². The SMILES string of the molecule is C/C=C\C=C/COC(=O)CCCCCCCC. The van der Waals surface area contributed by atoms with Crippen LogP contribution in [-0.2, 0) is 9.53 Å². The average Bonchev–Trinajstić information content (AvgIpc) is 2.33. The number of esters is 1. The van der Waals surface area contributed by atoms with E-state index in [-0.39, 0.29) is 5.97 Å². The van der Waals surface area contributed by atoms with Crippen LogP contribution in [0.15, 0.2) is 24.3 Å². The predicted molar refractivity (Wildman–Crippen MR) is 72.9 cm³/mol. The fourth-order valence-electron chi connectivity index (χ4n) is 1.51. The molecular formula is C15H26O2. The molecule has 0 N–H and O–H groups in total. The summed E-state index contributed by atoms with van der Waals surface area (Å²) in [5, 5.41) is 0. The number of rotatable bonds is 10. The molecule has 2 heteroatoms. The number of hydrogen-bond acceptors (Lipinski definition) is 2. The van der Waals surface area contributed by atoms with E-state index in [1.54, 1.807) is 0 Å². The fourth-order valence-corrected chi connectivity index (χ4v) is 1.51. The van der Waals surface area contributed by atoms with Gasteiger partial charge in [-0.05, 0) is 19.4 Å². The molecule has 0 saturated carbocycles. The minimum absolute atomic E-state index is 0.0781.